The molecule has 0 aliphatic carbocycles. The van der Waals surface area contributed by atoms with Gasteiger partial charge in [0.1, 0.15) is 11.4 Å². The highest BCUT2D eigenvalue weighted by Gasteiger charge is 2.45. The average Bonchev–Trinajstić information content (AvgIpc) is 2.64. The predicted octanol–water partition coefficient (Wildman–Crippen LogP) is 4.71. The van der Waals surface area contributed by atoms with E-state index in [1.54, 1.807) is 0 Å². The third-order valence-electron chi connectivity index (χ3n) is 4.31. The number of hydroxylamine groups is 3. The third-order valence-corrected chi connectivity index (χ3v) is 6.23. The maximum Gasteiger partial charge on any atom is 0.136 e. The highest BCUT2D eigenvalue weighted by molar-refractivity contribution is 8.00. The fraction of sp³-hybridized carbons (Fsp3) is 0.625. The van der Waals surface area contributed by atoms with Crippen LogP contribution in [0.2, 0.25) is 0 Å². The molecule has 0 saturated carbocycles. The number of likely N-dealkylation sites (N-methyl/N-ethyl adjacent to an activating group) is 1. The summed E-state index contributed by atoms with van der Waals surface area (Å²) < 4.78 is -0.0893. The van der Waals surface area contributed by atoms with Crippen molar-refractivity contribution in [1.82, 2.24) is 0 Å². The van der Waals surface area contributed by atoms with Crippen LogP contribution in [0, 0.1) is 5.21 Å². The van der Waals surface area contributed by atoms with Crippen LogP contribution in [0.4, 0.5) is 0 Å². The van der Waals surface area contributed by atoms with E-state index in [1.807, 2.05) is 24.9 Å². The Labute approximate surface area is 121 Å². The molecule has 4 atom stereocenters. The maximum absolute atomic E-state index is 12.9. The number of hydrogen-bond donors (Lipinski definition) is 0. The minimum absolute atomic E-state index is 0.0893. The minimum Gasteiger partial charge on any atom is -0.632 e. The van der Waals surface area contributed by atoms with E-state index >= 15 is 0 Å². The summed E-state index contributed by atoms with van der Waals surface area (Å²) in [6.45, 7) is 4.32. The van der Waals surface area contributed by atoms with Gasteiger partial charge in [0.25, 0.3) is 0 Å². The Bertz CT molecular complexity index is 393. The summed E-state index contributed by atoms with van der Waals surface area (Å²) in [6.07, 6.45) is 4.68. The summed E-state index contributed by atoms with van der Waals surface area (Å²) >= 11 is 1.89. The van der Waals surface area contributed by atoms with Gasteiger partial charge in [0, 0.05) is 6.42 Å². The summed E-state index contributed by atoms with van der Waals surface area (Å²) in [4.78, 5) is 0. The van der Waals surface area contributed by atoms with E-state index in [0.29, 0.717) is 5.25 Å². The zero-order valence-corrected chi connectivity index (χ0v) is 13.0. The lowest BCUT2D eigenvalue weighted by Crippen LogP contribution is -2.47. The molecule has 1 aromatic carbocycles. The van der Waals surface area contributed by atoms with E-state index < -0.39 is 0 Å². The molecule has 0 radical (unpaired) electrons. The van der Waals surface area contributed by atoms with Gasteiger partial charge in [0.05, 0.1) is 12.3 Å². The highest BCUT2D eigenvalue weighted by atomic mass is 32.2. The van der Waals surface area contributed by atoms with Gasteiger partial charge in [0.15, 0.2) is 0 Å². The van der Waals surface area contributed by atoms with Crippen molar-refractivity contribution < 1.29 is 4.65 Å². The third kappa shape index (κ3) is 3.15. The van der Waals surface area contributed by atoms with E-state index in [0.717, 1.165) is 6.42 Å². The molecule has 1 aliphatic heterocycles. The SMILES string of the molecule is CCCCC[C@H]1S[C@H](c2ccccc2)[C@@H](C)[N@@+]1(C)[O-]. The van der Waals surface area contributed by atoms with Crippen LogP contribution in [-0.2, 0) is 0 Å². The maximum atomic E-state index is 12.9. The van der Waals surface area contributed by atoms with E-state index in [1.165, 1.54) is 24.8 Å². The zero-order valence-electron chi connectivity index (χ0n) is 12.2. The van der Waals surface area contributed by atoms with Gasteiger partial charge in [-0.3, -0.25) is 0 Å². The first-order valence-electron chi connectivity index (χ1n) is 7.34. The molecule has 0 amide bonds. The molecule has 1 saturated heterocycles. The lowest BCUT2D eigenvalue weighted by Gasteiger charge is -2.43. The summed E-state index contributed by atoms with van der Waals surface area (Å²) in [6, 6.07) is 10.6. The molecular formula is C16H25NOS. The molecule has 19 heavy (non-hydrogen) atoms. The van der Waals surface area contributed by atoms with Crippen molar-refractivity contribution in [2.75, 3.05) is 7.05 Å². The quantitative estimate of drug-likeness (QED) is 0.442. The fourth-order valence-corrected chi connectivity index (χ4v) is 4.69. The van der Waals surface area contributed by atoms with Crippen molar-refractivity contribution in [1.29, 1.82) is 0 Å². The molecule has 106 valence electrons. The van der Waals surface area contributed by atoms with Gasteiger partial charge < -0.3 is 9.85 Å². The van der Waals surface area contributed by atoms with E-state index in [2.05, 4.69) is 38.1 Å². The number of rotatable bonds is 5. The number of nitrogens with zero attached hydrogens (tertiary/aromatic N) is 1. The number of unbranched alkanes of at least 4 members (excludes halogenated alkanes) is 2. The molecule has 0 aromatic heterocycles. The van der Waals surface area contributed by atoms with E-state index in [4.69, 9.17) is 0 Å². The summed E-state index contributed by atoms with van der Waals surface area (Å²) in [5.41, 5.74) is 1.30. The molecule has 0 bridgehead atoms. The predicted molar refractivity (Wildman–Crippen MR) is 83.7 cm³/mol. The first kappa shape index (κ1) is 14.9. The monoisotopic (exact) mass is 279 g/mol. The molecule has 1 aliphatic rings. The van der Waals surface area contributed by atoms with Crippen LogP contribution in [0.3, 0.4) is 0 Å². The van der Waals surface area contributed by atoms with Crippen molar-refractivity contribution in [3.8, 4) is 0 Å². The van der Waals surface area contributed by atoms with E-state index in [-0.39, 0.29) is 16.1 Å². The van der Waals surface area contributed by atoms with Crippen molar-refractivity contribution >= 4 is 11.8 Å². The van der Waals surface area contributed by atoms with Crippen molar-refractivity contribution in [2.24, 2.45) is 0 Å². The van der Waals surface area contributed by atoms with Crippen LogP contribution in [0.15, 0.2) is 30.3 Å². The summed E-state index contributed by atoms with van der Waals surface area (Å²) in [5, 5.41) is 13.4. The second-order valence-electron chi connectivity index (χ2n) is 5.72. The van der Waals surface area contributed by atoms with Crippen LogP contribution < -0.4 is 0 Å². The van der Waals surface area contributed by atoms with Crippen LogP contribution in [0.1, 0.15) is 50.3 Å². The summed E-state index contributed by atoms with van der Waals surface area (Å²) in [7, 11) is 1.86. The molecule has 2 nitrogen and oxygen atoms in total. The lowest BCUT2D eigenvalue weighted by molar-refractivity contribution is -0.889. The van der Waals surface area contributed by atoms with Crippen LogP contribution >= 0.6 is 11.8 Å². The molecular weight excluding hydrogens is 254 g/mol. The number of hydrogen-bond acceptors (Lipinski definition) is 2. The first-order valence-corrected chi connectivity index (χ1v) is 8.29. The van der Waals surface area contributed by atoms with Crippen molar-refractivity contribution in [3.63, 3.8) is 0 Å². The Kier molecular flexibility index (Phi) is 4.93. The molecule has 2 rings (SSSR count). The molecule has 0 unspecified atom stereocenters. The Morgan fingerprint density at radius 2 is 1.89 bits per heavy atom. The number of quaternary nitrogens is 1. The minimum atomic E-state index is -0.0893. The molecule has 1 heterocycles. The number of benzene rings is 1. The Hall–Kier alpha value is -0.510. The van der Waals surface area contributed by atoms with Crippen LogP contribution in [0.5, 0.6) is 0 Å². The Balaban J connectivity index is 2.09. The molecule has 0 N–H and O–H groups in total. The lowest BCUT2D eigenvalue weighted by atomic mass is 10.1. The van der Waals surface area contributed by atoms with Crippen LogP contribution in [-0.4, -0.2) is 23.1 Å². The molecule has 1 fully saturated rings. The largest absolute Gasteiger partial charge is 0.632 e. The molecule has 0 spiro atoms. The van der Waals surface area contributed by atoms with Gasteiger partial charge in [0.2, 0.25) is 0 Å². The number of thioether (sulfide) groups is 1. The topological polar surface area (TPSA) is 23.1 Å². The second-order valence-corrected chi connectivity index (χ2v) is 7.04. The van der Waals surface area contributed by atoms with Crippen LogP contribution in [0.25, 0.3) is 0 Å². The Morgan fingerprint density at radius 3 is 2.53 bits per heavy atom. The first-order chi connectivity index (χ1) is 9.07. The van der Waals surface area contributed by atoms with Gasteiger partial charge in [-0.05, 0) is 18.9 Å². The smallest absolute Gasteiger partial charge is 0.136 e. The highest BCUT2D eigenvalue weighted by Crippen LogP contribution is 2.50. The Morgan fingerprint density at radius 1 is 1.21 bits per heavy atom. The average molecular weight is 279 g/mol. The van der Waals surface area contributed by atoms with Gasteiger partial charge in [-0.25, -0.2) is 0 Å². The normalized spacial score (nSPS) is 34.6. The van der Waals surface area contributed by atoms with Gasteiger partial charge in [-0.2, -0.15) is 0 Å². The standard InChI is InChI=1S/C16H25NOS/c1-4-5-7-12-15-17(3,18)13(2)16(19-15)14-10-8-6-9-11-14/h6,8-11,13,15-16H,4-5,7,12H2,1-3H3/t13-,15-,16+,17-/m1/s1. The van der Waals surface area contributed by atoms with Crippen molar-refractivity contribution in [2.45, 2.75) is 56.2 Å². The summed E-state index contributed by atoms with van der Waals surface area (Å²) in [5.74, 6) is 0. The molecule has 3 heteroatoms. The van der Waals surface area contributed by atoms with Gasteiger partial charge in [-0.15, -0.1) is 0 Å². The molecule has 1 aromatic rings. The van der Waals surface area contributed by atoms with Gasteiger partial charge >= 0.3 is 0 Å². The zero-order chi connectivity index (χ0) is 13.9. The van der Waals surface area contributed by atoms with Gasteiger partial charge in [-0.1, -0.05) is 61.9 Å². The van der Waals surface area contributed by atoms with E-state index in [9.17, 15) is 5.21 Å². The fourth-order valence-electron chi connectivity index (χ4n) is 2.83. The van der Waals surface area contributed by atoms with Crippen molar-refractivity contribution in [3.05, 3.63) is 41.1 Å². The second kappa shape index (κ2) is 6.29.